The van der Waals surface area contributed by atoms with Crippen LogP contribution in [0.5, 0.6) is 0 Å². The highest BCUT2D eigenvalue weighted by Gasteiger charge is 2.53. The van der Waals surface area contributed by atoms with E-state index in [1.807, 2.05) is 30.3 Å². The van der Waals surface area contributed by atoms with E-state index in [1.165, 1.54) is 12.1 Å². The first-order chi connectivity index (χ1) is 13.7. The van der Waals surface area contributed by atoms with Gasteiger partial charge in [0.15, 0.2) is 0 Å². The molecule has 3 atom stereocenters. The number of carbonyl (C=O) groups is 1. The molecule has 2 aliphatic rings. The van der Waals surface area contributed by atoms with Gasteiger partial charge in [0.1, 0.15) is 11.9 Å². The maximum Gasteiger partial charge on any atom is 0.227 e. The zero-order valence-corrected chi connectivity index (χ0v) is 15.6. The van der Waals surface area contributed by atoms with Crippen molar-refractivity contribution in [2.45, 2.75) is 43.7 Å². The van der Waals surface area contributed by atoms with Gasteiger partial charge in [-0.15, -0.1) is 0 Å². The zero-order valence-electron chi connectivity index (χ0n) is 15.6. The third-order valence-corrected chi connectivity index (χ3v) is 6.15. The van der Waals surface area contributed by atoms with Crippen molar-refractivity contribution >= 4 is 5.91 Å². The molecule has 1 saturated heterocycles. The van der Waals surface area contributed by atoms with Gasteiger partial charge in [-0.2, -0.15) is 5.26 Å². The number of nitrogens with zero attached hydrogens (tertiary/aromatic N) is 2. The number of rotatable bonds is 4. The highest BCUT2D eigenvalue weighted by Crippen LogP contribution is 2.45. The van der Waals surface area contributed by atoms with Crippen molar-refractivity contribution in [2.24, 2.45) is 5.92 Å². The molecule has 2 fully saturated rings. The standard InChI is InChI=1S/C23H23FN2O2/c24-17-9-5-8-16(12-17)18-10-3-4-11-19(18)22-20(13-25)26(21(22)14-27)23(28)15-6-1-2-7-15/h3-5,8-12,15,20-22,27H,1-2,6-7,14H2/t20-,21+,22-/m1/s1. The molecule has 2 aromatic rings. The van der Waals surface area contributed by atoms with E-state index in [1.54, 1.807) is 11.0 Å². The van der Waals surface area contributed by atoms with Crippen LogP contribution in [0, 0.1) is 23.1 Å². The second-order valence-electron chi connectivity index (χ2n) is 7.67. The van der Waals surface area contributed by atoms with Gasteiger partial charge in [-0.05, 0) is 41.7 Å². The fourth-order valence-corrected chi connectivity index (χ4v) is 4.77. The van der Waals surface area contributed by atoms with E-state index in [-0.39, 0.29) is 30.2 Å². The van der Waals surface area contributed by atoms with Gasteiger partial charge in [0.2, 0.25) is 5.91 Å². The number of nitriles is 1. The van der Waals surface area contributed by atoms with E-state index in [2.05, 4.69) is 6.07 Å². The van der Waals surface area contributed by atoms with E-state index in [0.29, 0.717) is 0 Å². The summed E-state index contributed by atoms with van der Waals surface area (Å²) in [5.74, 6) is -0.666. The lowest BCUT2D eigenvalue weighted by Gasteiger charge is -2.52. The van der Waals surface area contributed by atoms with E-state index in [4.69, 9.17) is 0 Å². The normalized spacial score (nSPS) is 24.6. The van der Waals surface area contributed by atoms with Gasteiger partial charge in [0, 0.05) is 11.8 Å². The Morgan fingerprint density at radius 2 is 1.93 bits per heavy atom. The first kappa shape index (κ1) is 18.6. The lowest BCUT2D eigenvalue weighted by molar-refractivity contribution is -0.151. The highest BCUT2D eigenvalue weighted by molar-refractivity contribution is 5.82. The molecule has 4 nitrogen and oxygen atoms in total. The molecule has 0 unspecified atom stereocenters. The Labute approximate surface area is 164 Å². The van der Waals surface area contributed by atoms with Crippen LogP contribution in [-0.2, 0) is 4.79 Å². The van der Waals surface area contributed by atoms with Crippen molar-refractivity contribution in [3.8, 4) is 17.2 Å². The second-order valence-corrected chi connectivity index (χ2v) is 7.67. The number of likely N-dealkylation sites (tertiary alicyclic amines) is 1. The summed E-state index contributed by atoms with van der Waals surface area (Å²) < 4.78 is 13.8. The minimum atomic E-state index is -0.611. The van der Waals surface area contributed by atoms with Crippen molar-refractivity contribution in [3.63, 3.8) is 0 Å². The maximum atomic E-state index is 13.8. The molecule has 144 valence electrons. The molecule has 1 heterocycles. The largest absolute Gasteiger partial charge is 0.394 e. The molecule has 2 aromatic carbocycles. The molecule has 0 aromatic heterocycles. The Morgan fingerprint density at radius 1 is 1.18 bits per heavy atom. The Hall–Kier alpha value is -2.71. The minimum absolute atomic E-state index is 0.0115. The van der Waals surface area contributed by atoms with Crippen molar-refractivity contribution < 1.29 is 14.3 Å². The highest BCUT2D eigenvalue weighted by atomic mass is 19.1. The van der Waals surface area contributed by atoms with Gasteiger partial charge in [0.05, 0.1) is 18.7 Å². The average molecular weight is 378 g/mol. The number of hydrogen-bond donors (Lipinski definition) is 1. The molecule has 1 N–H and O–H groups in total. The third kappa shape index (κ3) is 3.08. The molecule has 5 heteroatoms. The molecule has 0 bridgehead atoms. The SMILES string of the molecule is N#C[C@@H]1[C@@H](c2ccccc2-c2cccc(F)c2)[C@H](CO)N1C(=O)C1CCCC1. The summed E-state index contributed by atoms with van der Waals surface area (Å²) >= 11 is 0. The van der Waals surface area contributed by atoms with Crippen LogP contribution in [0.15, 0.2) is 48.5 Å². The summed E-state index contributed by atoms with van der Waals surface area (Å²) in [6.07, 6.45) is 3.79. The second kappa shape index (κ2) is 7.73. The summed E-state index contributed by atoms with van der Waals surface area (Å²) in [5.41, 5.74) is 2.43. The molecule has 1 amide bonds. The van der Waals surface area contributed by atoms with Gasteiger partial charge >= 0.3 is 0 Å². The van der Waals surface area contributed by atoms with Crippen molar-refractivity contribution in [3.05, 3.63) is 59.9 Å². The maximum absolute atomic E-state index is 13.8. The first-order valence-electron chi connectivity index (χ1n) is 9.83. The van der Waals surface area contributed by atoms with Crippen molar-refractivity contribution in [1.29, 1.82) is 5.26 Å². The van der Waals surface area contributed by atoms with Crippen LogP contribution in [0.2, 0.25) is 0 Å². The van der Waals surface area contributed by atoms with Crippen molar-refractivity contribution in [1.82, 2.24) is 4.90 Å². The monoisotopic (exact) mass is 378 g/mol. The molecule has 28 heavy (non-hydrogen) atoms. The molecule has 4 rings (SSSR count). The molecular formula is C23H23FN2O2. The Kier molecular flexibility index (Phi) is 5.15. The Bertz CT molecular complexity index is 917. The molecule has 1 saturated carbocycles. The van der Waals surface area contributed by atoms with Crippen LogP contribution in [0.3, 0.4) is 0 Å². The van der Waals surface area contributed by atoms with E-state index >= 15 is 0 Å². The first-order valence-corrected chi connectivity index (χ1v) is 9.83. The summed E-state index contributed by atoms with van der Waals surface area (Å²) in [5, 5.41) is 19.8. The van der Waals surface area contributed by atoms with Gasteiger partial charge < -0.3 is 10.0 Å². The number of aliphatic hydroxyl groups excluding tert-OH is 1. The van der Waals surface area contributed by atoms with Crippen LogP contribution in [0.25, 0.3) is 11.1 Å². The number of halogens is 1. The average Bonchev–Trinajstić information content (AvgIpc) is 3.23. The summed E-state index contributed by atoms with van der Waals surface area (Å²) in [6.45, 7) is -0.196. The smallest absolute Gasteiger partial charge is 0.227 e. The summed E-state index contributed by atoms with van der Waals surface area (Å²) in [7, 11) is 0. The Balaban J connectivity index is 1.70. The van der Waals surface area contributed by atoms with Gasteiger partial charge in [-0.3, -0.25) is 4.79 Å². The number of benzene rings is 2. The number of amides is 1. The van der Waals surface area contributed by atoms with Gasteiger partial charge in [0.25, 0.3) is 0 Å². The number of aliphatic hydroxyl groups is 1. The van der Waals surface area contributed by atoms with Crippen molar-refractivity contribution in [2.75, 3.05) is 6.61 Å². The van der Waals surface area contributed by atoms with Crippen LogP contribution in [-0.4, -0.2) is 34.6 Å². The van der Waals surface area contributed by atoms with E-state index in [9.17, 15) is 19.6 Å². The topological polar surface area (TPSA) is 64.3 Å². The van der Waals surface area contributed by atoms with Crippen LogP contribution in [0.1, 0.15) is 37.2 Å². The molecule has 0 spiro atoms. The van der Waals surface area contributed by atoms with Crippen LogP contribution < -0.4 is 0 Å². The van der Waals surface area contributed by atoms with Crippen LogP contribution >= 0.6 is 0 Å². The number of hydrogen-bond acceptors (Lipinski definition) is 3. The zero-order chi connectivity index (χ0) is 19.7. The van der Waals surface area contributed by atoms with Crippen LogP contribution in [0.4, 0.5) is 4.39 Å². The molecule has 1 aliphatic heterocycles. The quantitative estimate of drug-likeness (QED) is 0.879. The molecule has 1 aliphatic carbocycles. The minimum Gasteiger partial charge on any atom is -0.394 e. The summed E-state index contributed by atoms with van der Waals surface area (Å²) in [4.78, 5) is 14.5. The fourth-order valence-electron chi connectivity index (χ4n) is 4.77. The summed E-state index contributed by atoms with van der Waals surface area (Å²) in [6, 6.07) is 15.2. The van der Waals surface area contributed by atoms with E-state index < -0.39 is 12.1 Å². The van der Waals surface area contributed by atoms with E-state index in [0.717, 1.165) is 42.4 Å². The lowest BCUT2D eigenvalue weighted by Crippen LogP contribution is -2.66. The lowest BCUT2D eigenvalue weighted by atomic mass is 9.73. The van der Waals surface area contributed by atoms with Gasteiger partial charge in [-0.25, -0.2) is 4.39 Å². The predicted octanol–water partition coefficient (Wildman–Crippen LogP) is 3.86. The third-order valence-electron chi connectivity index (χ3n) is 6.15. The fraction of sp³-hybridized carbons (Fsp3) is 0.391. The molecular weight excluding hydrogens is 355 g/mol. The Morgan fingerprint density at radius 3 is 2.61 bits per heavy atom. The molecule has 0 radical (unpaired) electrons. The predicted molar refractivity (Wildman–Crippen MR) is 104 cm³/mol. The number of carbonyl (C=O) groups excluding carboxylic acids is 1. The van der Waals surface area contributed by atoms with Gasteiger partial charge in [-0.1, -0.05) is 49.2 Å².